The summed E-state index contributed by atoms with van der Waals surface area (Å²) in [4.78, 5) is 4.16. The largest absolute Gasteiger partial charge is 0.409 e. The summed E-state index contributed by atoms with van der Waals surface area (Å²) >= 11 is 0. The van der Waals surface area contributed by atoms with Gasteiger partial charge in [-0.05, 0) is 37.3 Å². The third-order valence-electron chi connectivity index (χ3n) is 3.83. The fourth-order valence-electron chi connectivity index (χ4n) is 2.51. The van der Waals surface area contributed by atoms with Crippen molar-refractivity contribution in [2.75, 3.05) is 13.2 Å². The normalized spacial score (nSPS) is 18.9. The van der Waals surface area contributed by atoms with Gasteiger partial charge in [0.25, 0.3) is 0 Å². The van der Waals surface area contributed by atoms with E-state index in [2.05, 4.69) is 22.4 Å². The lowest BCUT2D eigenvalue weighted by Gasteiger charge is -2.28. The van der Waals surface area contributed by atoms with Crippen molar-refractivity contribution >= 4 is 5.84 Å². The van der Waals surface area contributed by atoms with Gasteiger partial charge in [-0.25, -0.2) is 0 Å². The molecule has 1 atom stereocenters. The molecule has 1 fully saturated rings. The predicted octanol–water partition coefficient (Wildman–Crippen LogP) is 1.08. The summed E-state index contributed by atoms with van der Waals surface area (Å²) in [5.41, 5.74) is 7.10. The molecule has 0 aliphatic carbocycles. The van der Waals surface area contributed by atoms with Crippen LogP contribution in [-0.4, -0.2) is 35.3 Å². The number of nitrogens with two attached hydrogens (primary N) is 1. The molecule has 0 aromatic carbocycles. The standard InChI is InChI=1S/C14H22N4O2/c1-10(11-4-7-20-8-5-11)17-9-12-3-2-6-16-13(12)14(15)18-19/h2-3,6,10-11,17,19H,4-5,7-9H2,1H3,(H2,15,18). The molecule has 2 heterocycles. The number of hydrogen-bond acceptors (Lipinski definition) is 5. The predicted molar refractivity (Wildman–Crippen MR) is 76.6 cm³/mol. The Hall–Kier alpha value is -1.66. The van der Waals surface area contributed by atoms with Gasteiger partial charge in [-0.2, -0.15) is 0 Å². The van der Waals surface area contributed by atoms with Crippen molar-refractivity contribution in [3.63, 3.8) is 0 Å². The first-order valence-corrected chi connectivity index (χ1v) is 6.95. The molecule has 1 aromatic heterocycles. The zero-order valence-electron chi connectivity index (χ0n) is 11.7. The van der Waals surface area contributed by atoms with E-state index in [-0.39, 0.29) is 5.84 Å². The van der Waals surface area contributed by atoms with Gasteiger partial charge in [0.1, 0.15) is 5.69 Å². The second-order valence-electron chi connectivity index (χ2n) is 5.12. The van der Waals surface area contributed by atoms with Crippen LogP contribution in [0.25, 0.3) is 0 Å². The van der Waals surface area contributed by atoms with E-state index in [0.717, 1.165) is 31.6 Å². The van der Waals surface area contributed by atoms with E-state index in [0.29, 0.717) is 24.2 Å². The van der Waals surface area contributed by atoms with Gasteiger partial charge in [0.15, 0.2) is 5.84 Å². The molecule has 1 aromatic rings. The van der Waals surface area contributed by atoms with Crippen LogP contribution in [0.5, 0.6) is 0 Å². The molecule has 4 N–H and O–H groups in total. The molecular formula is C14H22N4O2. The summed E-state index contributed by atoms with van der Waals surface area (Å²) in [6.07, 6.45) is 3.82. The SMILES string of the molecule is CC(NCc1cccnc1/C(N)=N/O)C1CCOCC1. The van der Waals surface area contributed by atoms with Gasteiger partial charge in [0.2, 0.25) is 0 Å². The number of rotatable bonds is 5. The first-order chi connectivity index (χ1) is 9.72. The van der Waals surface area contributed by atoms with E-state index < -0.39 is 0 Å². The van der Waals surface area contributed by atoms with Crippen LogP contribution in [0.2, 0.25) is 0 Å². The van der Waals surface area contributed by atoms with Crippen LogP contribution in [-0.2, 0) is 11.3 Å². The average molecular weight is 278 g/mol. The average Bonchev–Trinajstić information content (AvgIpc) is 2.53. The molecule has 1 aliphatic rings. The smallest absolute Gasteiger partial charge is 0.189 e. The maximum absolute atomic E-state index is 8.78. The van der Waals surface area contributed by atoms with Crippen molar-refractivity contribution in [2.45, 2.75) is 32.4 Å². The molecule has 0 saturated carbocycles. The lowest BCUT2D eigenvalue weighted by Crippen LogP contribution is -2.36. The fourth-order valence-corrected chi connectivity index (χ4v) is 2.51. The zero-order valence-corrected chi connectivity index (χ0v) is 11.7. The highest BCUT2D eigenvalue weighted by atomic mass is 16.5. The highest BCUT2D eigenvalue weighted by Crippen LogP contribution is 2.19. The van der Waals surface area contributed by atoms with Crippen molar-refractivity contribution < 1.29 is 9.94 Å². The van der Waals surface area contributed by atoms with Crippen molar-refractivity contribution in [2.24, 2.45) is 16.8 Å². The van der Waals surface area contributed by atoms with Gasteiger partial charge in [-0.3, -0.25) is 4.98 Å². The molecule has 0 amide bonds. The van der Waals surface area contributed by atoms with Crippen molar-refractivity contribution in [1.82, 2.24) is 10.3 Å². The summed E-state index contributed by atoms with van der Waals surface area (Å²) in [5.74, 6) is 0.675. The Balaban J connectivity index is 1.96. The number of nitrogens with zero attached hydrogens (tertiary/aromatic N) is 2. The Labute approximate surface area is 119 Å². The van der Waals surface area contributed by atoms with Crippen LogP contribution >= 0.6 is 0 Å². The summed E-state index contributed by atoms with van der Waals surface area (Å²) in [6.45, 7) is 4.53. The van der Waals surface area contributed by atoms with E-state index in [4.69, 9.17) is 15.7 Å². The summed E-state index contributed by atoms with van der Waals surface area (Å²) < 4.78 is 5.38. The number of ether oxygens (including phenoxy) is 1. The minimum Gasteiger partial charge on any atom is -0.409 e. The molecule has 6 nitrogen and oxygen atoms in total. The van der Waals surface area contributed by atoms with Gasteiger partial charge in [-0.15, -0.1) is 0 Å². The molecule has 6 heteroatoms. The highest BCUT2D eigenvalue weighted by molar-refractivity contribution is 5.96. The van der Waals surface area contributed by atoms with Crippen LogP contribution in [0.4, 0.5) is 0 Å². The Kier molecular flexibility index (Phi) is 5.31. The van der Waals surface area contributed by atoms with Gasteiger partial charge in [0, 0.05) is 32.0 Å². The second kappa shape index (κ2) is 7.21. The lowest BCUT2D eigenvalue weighted by atomic mass is 9.93. The van der Waals surface area contributed by atoms with Crippen LogP contribution in [0, 0.1) is 5.92 Å². The molecule has 0 spiro atoms. The fraction of sp³-hybridized carbons (Fsp3) is 0.571. The summed E-state index contributed by atoms with van der Waals surface area (Å²) in [5, 5.41) is 15.3. The first kappa shape index (κ1) is 14.7. The van der Waals surface area contributed by atoms with E-state index in [9.17, 15) is 0 Å². The molecule has 1 unspecified atom stereocenters. The Bertz CT molecular complexity index is 458. The Morgan fingerprint density at radius 1 is 1.60 bits per heavy atom. The van der Waals surface area contributed by atoms with E-state index in [1.165, 1.54) is 0 Å². The van der Waals surface area contributed by atoms with E-state index in [1.54, 1.807) is 6.20 Å². The van der Waals surface area contributed by atoms with Crippen LogP contribution in [0.3, 0.4) is 0 Å². The first-order valence-electron chi connectivity index (χ1n) is 6.95. The van der Waals surface area contributed by atoms with E-state index in [1.807, 2.05) is 12.1 Å². The van der Waals surface area contributed by atoms with Gasteiger partial charge in [-0.1, -0.05) is 11.2 Å². The molecule has 1 saturated heterocycles. The topological polar surface area (TPSA) is 92.8 Å². The van der Waals surface area contributed by atoms with Crippen molar-refractivity contribution in [3.8, 4) is 0 Å². The molecule has 110 valence electrons. The van der Waals surface area contributed by atoms with Gasteiger partial charge in [0.05, 0.1) is 0 Å². The third-order valence-corrected chi connectivity index (χ3v) is 3.83. The molecule has 0 radical (unpaired) electrons. The minimum absolute atomic E-state index is 0.0427. The number of pyridine rings is 1. The maximum Gasteiger partial charge on any atom is 0.189 e. The zero-order chi connectivity index (χ0) is 14.4. The third kappa shape index (κ3) is 3.68. The van der Waals surface area contributed by atoms with E-state index >= 15 is 0 Å². The highest BCUT2D eigenvalue weighted by Gasteiger charge is 2.20. The lowest BCUT2D eigenvalue weighted by molar-refractivity contribution is 0.0558. The van der Waals surface area contributed by atoms with Crippen molar-refractivity contribution in [3.05, 3.63) is 29.6 Å². The quantitative estimate of drug-likeness (QED) is 0.324. The van der Waals surface area contributed by atoms with Crippen LogP contribution in [0.1, 0.15) is 31.0 Å². The maximum atomic E-state index is 8.78. The van der Waals surface area contributed by atoms with Crippen molar-refractivity contribution in [1.29, 1.82) is 0 Å². The Morgan fingerprint density at radius 3 is 3.05 bits per heavy atom. The molecule has 2 rings (SSSR count). The van der Waals surface area contributed by atoms with Gasteiger partial charge >= 0.3 is 0 Å². The number of aromatic nitrogens is 1. The molecule has 20 heavy (non-hydrogen) atoms. The monoisotopic (exact) mass is 278 g/mol. The molecule has 0 bridgehead atoms. The summed E-state index contributed by atoms with van der Waals surface area (Å²) in [6, 6.07) is 4.19. The number of oxime groups is 1. The molecular weight excluding hydrogens is 256 g/mol. The number of amidine groups is 1. The van der Waals surface area contributed by atoms with Gasteiger partial charge < -0.3 is 21.0 Å². The van der Waals surface area contributed by atoms with Crippen LogP contribution < -0.4 is 11.1 Å². The summed E-state index contributed by atoms with van der Waals surface area (Å²) in [7, 11) is 0. The number of hydrogen-bond donors (Lipinski definition) is 3. The minimum atomic E-state index is 0.0427. The second-order valence-corrected chi connectivity index (χ2v) is 5.12. The Morgan fingerprint density at radius 2 is 2.35 bits per heavy atom. The number of nitrogens with one attached hydrogen (secondary N) is 1. The molecule has 1 aliphatic heterocycles. The van der Waals surface area contributed by atoms with Crippen LogP contribution in [0.15, 0.2) is 23.5 Å².